The minimum absolute atomic E-state index is 0.0438. The predicted molar refractivity (Wildman–Crippen MR) is 131 cm³/mol. The van der Waals surface area contributed by atoms with Crippen molar-refractivity contribution in [1.29, 1.82) is 0 Å². The lowest BCUT2D eigenvalue weighted by Gasteiger charge is -2.42. The number of carbonyl (C=O) groups excluding carboxylic acids is 3. The van der Waals surface area contributed by atoms with Crippen LogP contribution in [0, 0.1) is 0 Å². The molecule has 12 nitrogen and oxygen atoms in total. The summed E-state index contributed by atoms with van der Waals surface area (Å²) in [6.07, 6.45) is -4.76. The van der Waals surface area contributed by atoms with Crippen LogP contribution in [-0.2, 0) is 25.4 Å². The van der Waals surface area contributed by atoms with E-state index in [9.17, 15) is 34.8 Å². The van der Waals surface area contributed by atoms with Crippen molar-refractivity contribution < 1.29 is 54.1 Å². The van der Waals surface area contributed by atoms with Gasteiger partial charge in [0.2, 0.25) is 0 Å². The van der Waals surface area contributed by atoms with Crippen molar-refractivity contribution in [2.75, 3.05) is 13.2 Å². The highest BCUT2D eigenvalue weighted by atomic mass is 16.7. The van der Waals surface area contributed by atoms with Crippen LogP contribution in [0.2, 0.25) is 0 Å². The zero-order valence-electron chi connectivity index (χ0n) is 21.0. The van der Waals surface area contributed by atoms with Crippen LogP contribution in [0.3, 0.4) is 0 Å². The first-order chi connectivity index (χ1) is 18.5. The number of aliphatic hydroxyl groups is 3. The Morgan fingerprint density at radius 3 is 2.33 bits per heavy atom. The zero-order chi connectivity index (χ0) is 28.2. The molecule has 7 N–H and O–H groups in total. The molecule has 12 heteroatoms. The molecule has 0 spiro atoms. The molecular formula is C27H29NO11. The number of hydrogen-bond acceptors (Lipinski definition) is 12. The summed E-state index contributed by atoms with van der Waals surface area (Å²) >= 11 is 0. The van der Waals surface area contributed by atoms with Gasteiger partial charge >= 0.3 is 0 Å². The molecule has 1 saturated heterocycles. The smallest absolute Gasteiger partial charge is 0.198 e. The number of aromatic hydroxyl groups is 2. The van der Waals surface area contributed by atoms with E-state index in [1.165, 1.54) is 12.1 Å². The number of hydrogen-bond donors (Lipinski definition) is 6. The highest BCUT2D eigenvalue weighted by molar-refractivity contribution is 6.30. The monoisotopic (exact) mass is 543 g/mol. The summed E-state index contributed by atoms with van der Waals surface area (Å²) < 4.78 is 17.2. The number of carbonyl (C=O) groups is 3. The molecule has 6 atom stereocenters. The van der Waals surface area contributed by atoms with Crippen LogP contribution in [-0.4, -0.2) is 86.4 Å². The Balaban J connectivity index is 1.62. The Labute approximate surface area is 222 Å². The normalized spacial score (nSPS) is 29.9. The molecule has 2 aromatic rings. The summed E-state index contributed by atoms with van der Waals surface area (Å²) in [7, 11) is 0. The molecule has 2 aromatic carbocycles. The number of aliphatic hydroxyl groups excluding tert-OH is 2. The Morgan fingerprint density at radius 2 is 1.74 bits per heavy atom. The molecule has 208 valence electrons. The van der Waals surface area contributed by atoms with Gasteiger partial charge in [0.05, 0.1) is 29.4 Å². The largest absolute Gasteiger partial charge is 0.507 e. The molecule has 1 fully saturated rings. The standard InChI is InChI=1S/C27H29NO11/c1-11-22(31)16(28)6-18(38-11)39-17-8-27(36,37-10-12(30)9-29)7-15-19(17)26(35)21-20(25(15)34)23(32)13-4-2-3-5-14(13)24(21)33/h2-5,11,16-18,22,29,31,34-36H,6-10,28H2,1H3/t11?,16?,17-,18?,22?,27-/m0/s1. The third-order valence-electron chi connectivity index (χ3n) is 7.48. The fourth-order valence-corrected chi connectivity index (χ4v) is 5.49. The van der Waals surface area contributed by atoms with Crippen molar-refractivity contribution in [3.63, 3.8) is 0 Å². The third-order valence-corrected chi connectivity index (χ3v) is 7.48. The van der Waals surface area contributed by atoms with Crippen LogP contribution in [0.1, 0.15) is 68.8 Å². The minimum atomic E-state index is -2.14. The Hall–Kier alpha value is -3.23. The molecule has 1 aliphatic heterocycles. The quantitative estimate of drug-likeness (QED) is 0.179. The van der Waals surface area contributed by atoms with Crippen LogP contribution in [0.25, 0.3) is 0 Å². The first kappa shape index (κ1) is 27.3. The van der Waals surface area contributed by atoms with Crippen molar-refractivity contribution in [2.24, 2.45) is 5.73 Å². The maximum absolute atomic E-state index is 13.4. The number of ether oxygens (including phenoxy) is 3. The maximum atomic E-state index is 13.4. The number of nitrogens with two attached hydrogens (primary N) is 1. The summed E-state index contributed by atoms with van der Waals surface area (Å²) in [6.45, 7) is 0.109. The topological polar surface area (TPSA) is 206 Å². The van der Waals surface area contributed by atoms with E-state index in [1.54, 1.807) is 19.1 Å². The predicted octanol–water partition coefficient (Wildman–Crippen LogP) is -0.0332. The minimum Gasteiger partial charge on any atom is -0.507 e. The number of fused-ring (bicyclic) bond motifs is 3. The second kappa shape index (κ2) is 10.1. The van der Waals surface area contributed by atoms with Gasteiger partial charge in [-0.25, -0.2) is 0 Å². The van der Waals surface area contributed by atoms with Gasteiger partial charge in [-0.1, -0.05) is 24.3 Å². The van der Waals surface area contributed by atoms with E-state index in [0.29, 0.717) is 0 Å². The summed E-state index contributed by atoms with van der Waals surface area (Å²) in [5, 5.41) is 53.3. The first-order valence-corrected chi connectivity index (χ1v) is 12.5. The SMILES string of the molecule is CC1OC(O[C@H]2C[C@@](O)(OCC(=O)CO)Cc3c(O)c4c(c(O)c32)C(=O)c2ccccc2C4=O)CC(N)C1O. The maximum Gasteiger partial charge on any atom is 0.198 e. The summed E-state index contributed by atoms with van der Waals surface area (Å²) in [4.78, 5) is 38.5. The molecule has 0 aromatic heterocycles. The van der Waals surface area contributed by atoms with Gasteiger partial charge in [0, 0.05) is 47.6 Å². The van der Waals surface area contributed by atoms with Gasteiger partial charge in [0.25, 0.3) is 0 Å². The lowest BCUT2D eigenvalue weighted by Crippen LogP contribution is -2.52. The van der Waals surface area contributed by atoms with E-state index in [2.05, 4.69) is 0 Å². The molecule has 0 amide bonds. The van der Waals surface area contributed by atoms with Gasteiger partial charge in [0.1, 0.15) is 24.7 Å². The van der Waals surface area contributed by atoms with Crippen molar-refractivity contribution in [1.82, 2.24) is 0 Å². The van der Waals surface area contributed by atoms with E-state index in [-0.39, 0.29) is 35.1 Å². The van der Waals surface area contributed by atoms with Crippen LogP contribution in [0.5, 0.6) is 11.5 Å². The molecular weight excluding hydrogens is 514 g/mol. The molecule has 0 bridgehead atoms. The molecule has 2 aliphatic carbocycles. The van der Waals surface area contributed by atoms with Crippen LogP contribution < -0.4 is 5.73 Å². The van der Waals surface area contributed by atoms with E-state index >= 15 is 0 Å². The number of phenols is 2. The highest BCUT2D eigenvalue weighted by Gasteiger charge is 2.48. The van der Waals surface area contributed by atoms with E-state index in [1.807, 2.05) is 0 Å². The number of Topliss-reactive ketones (excluding diaryl/α,β-unsaturated/α-hetero) is 1. The summed E-state index contributed by atoms with van der Waals surface area (Å²) in [5.74, 6) is -5.46. The van der Waals surface area contributed by atoms with Gasteiger partial charge in [-0.15, -0.1) is 0 Å². The number of rotatable bonds is 6. The van der Waals surface area contributed by atoms with Gasteiger partial charge in [0.15, 0.2) is 29.4 Å². The van der Waals surface area contributed by atoms with E-state index < -0.39 is 96.0 Å². The summed E-state index contributed by atoms with van der Waals surface area (Å²) in [5.41, 5.74) is 5.14. The van der Waals surface area contributed by atoms with Crippen LogP contribution in [0.4, 0.5) is 0 Å². The molecule has 4 unspecified atom stereocenters. The van der Waals surface area contributed by atoms with E-state index in [4.69, 9.17) is 25.1 Å². The van der Waals surface area contributed by atoms with Crippen LogP contribution in [0.15, 0.2) is 24.3 Å². The van der Waals surface area contributed by atoms with E-state index in [0.717, 1.165) is 0 Å². The molecule has 1 heterocycles. The Morgan fingerprint density at radius 1 is 1.13 bits per heavy atom. The summed E-state index contributed by atoms with van der Waals surface area (Å²) in [6, 6.07) is 5.30. The Bertz CT molecular complexity index is 1350. The van der Waals surface area contributed by atoms with Crippen LogP contribution >= 0.6 is 0 Å². The number of ketones is 3. The molecule has 5 rings (SSSR count). The van der Waals surface area contributed by atoms with Crippen molar-refractivity contribution in [3.05, 3.63) is 57.6 Å². The fourth-order valence-electron chi connectivity index (χ4n) is 5.49. The highest BCUT2D eigenvalue weighted by Crippen LogP contribution is 2.52. The second-order valence-corrected chi connectivity index (χ2v) is 10.1. The second-order valence-electron chi connectivity index (χ2n) is 10.1. The number of phenolic OH excluding ortho intramolecular Hbond substituents is 2. The van der Waals surface area contributed by atoms with Crippen molar-refractivity contribution in [2.45, 2.75) is 62.6 Å². The lowest BCUT2D eigenvalue weighted by molar-refractivity contribution is -0.271. The molecule has 0 radical (unpaired) electrons. The fraction of sp³-hybridized carbons (Fsp3) is 0.444. The van der Waals surface area contributed by atoms with Gasteiger partial charge in [-0.05, 0) is 6.92 Å². The van der Waals surface area contributed by atoms with Gasteiger partial charge in [-0.2, -0.15) is 0 Å². The number of benzene rings is 2. The average molecular weight is 544 g/mol. The first-order valence-electron chi connectivity index (χ1n) is 12.5. The van der Waals surface area contributed by atoms with Crippen molar-refractivity contribution in [3.8, 4) is 11.5 Å². The third kappa shape index (κ3) is 4.63. The lowest BCUT2D eigenvalue weighted by atomic mass is 9.75. The van der Waals surface area contributed by atoms with Gasteiger partial charge in [-0.3, -0.25) is 14.4 Å². The Kier molecular flexibility index (Phi) is 7.06. The average Bonchev–Trinajstić information content (AvgIpc) is 2.90. The molecule has 39 heavy (non-hydrogen) atoms. The van der Waals surface area contributed by atoms with Crippen molar-refractivity contribution >= 4 is 17.3 Å². The molecule has 0 saturated carbocycles. The molecule has 3 aliphatic rings. The zero-order valence-corrected chi connectivity index (χ0v) is 21.0. The van der Waals surface area contributed by atoms with Gasteiger partial charge < -0.3 is 45.5 Å².